The zero-order valence-corrected chi connectivity index (χ0v) is 25.8. The molecule has 3 aromatic rings. The highest BCUT2D eigenvalue weighted by Crippen LogP contribution is 2.41. The van der Waals surface area contributed by atoms with Crippen LogP contribution in [0.5, 0.6) is 5.75 Å². The molecule has 43 heavy (non-hydrogen) atoms. The van der Waals surface area contributed by atoms with Gasteiger partial charge in [0.05, 0.1) is 41.7 Å². The van der Waals surface area contributed by atoms with Crippen molar-refractivity contribution in [1.29, 1.82) is 5.26 Å². The van der Waals surface area contributed by atoms with Crippen LogP contribution in [0.25, 0.3) is 11.3 Å². The zero-order valence-electron chi connectivity index (χ0n) is 25.1. The van der Waals surface area contributed by atoms with Crippen molar-refractivity contribution in [3.63, 3.8) is 0 Å². The van der Waals surface area contributed by atoms with Crippen molar-refractivity contribution < 1.29 is 9.53 Å². The van der Waals surface area contributed by atoms with Gasteiger partial charge in [0, 0.05) is 50.5 Å². The number of aromatic nitrogens is 1. The van der Waals surface area contributed by atoms with Crippen LogP contribution < -0.4 is 14.5 Å². The third kappa shape index (κ3) is 5.76. The lowest BCUT2D eigenvalue weighted by Crippen LogP contribution is -2.54. The Morgan fingerprint density at radius 2 is 1.74 bits per heavy atom. The van der Waals surface area contributed by atoms with Gasteiger partial charge in [-0.05, 0) is 87.6 Å². The Labute approximate surface area is 259 Å². The molecule has 3 fully saturated rings. The molecule has 0 saturated carbocycles. The lowest BCUT2D eigenvalue weighted by molar-refractivity contribution is 0.0761. The zero-order chi connectivity index (χ0) is 30.0. The largest absolute Gasteiger partial charge is 0.493 e. The molecule has 0 aliphatic carbocycles. The predicted octanol–water partition coefficient (Wildman–Crippen LogP) is 6.57. The minimum Gasteiger partial charge on any atom is -0.493 e. The number of amides is 2. The highest BCUT2D eigenvalue weighted by atomic mass is 35.5. The maximum absolute atomic E-state index is 13.7. The number of pyridine rings is 1. The van der Waals surface area contributed by atoms with Crippen LogP contribution in [-0.4, -0.2) is 72.2 Å². The van der Waals surface area contributed by atoms with E-state index in [0.29, 0.717) is 48.0 Å². The molecule has 1 aromatic heterocycles. The minimum absolute atomic E-state index is 0.0219. The van der Waals surface area contributed by atoms with E-state index >= 15 is 0 Å². The van der Waals surface area contributed by atoms with Crippen molar-refractivity contribution in [2.75, 3.05) is 55.7 Å². The topological polar surface area (TPSA) is 75.9 Å². The van der Waals surface area contributed by atoms with Crippen molar-refractivity contribution in [2.24, 2.45) is 0 Å². The first-order chi connectivity index (χ1) is 20.9. The number of hydrogen-bond donors (Lipinski definition) is 0. The molecule has 2 amide bonds. The summed E-state index contributed by atoms with van der Waals surface area (Å²) >= 11 is 6.77. The number of carbonyl (C=O) groups is 1. The van der Waals surface area contributed by atoms with Crippen molar-refractivity contribution in [2.45, 2.75) is 51.6 Å². The van der Waals surface area contributed by atoms with Crippen molar-refractivity contribution >= 4 is 29.0 Å². The number of ether oxygens (including phenoxy) is 1. The van der Waals surface area contributed by atoms with Gasteiger partial charge in [-0.3, -0.25) is 9.80 Å². The van der Waals surface area contributed by atoms with Gasteiger partial charge in [0.1, 0.15) is 5.75 Å². The van der Waals surface area contributed by atoms with Gasteiger partial charge in [-0.25, -0.2) is 9.78 Å². The summed E-state index contributed by atoms with van der Waals surface area (Å²) in [4.78, 5) is 27.2. The molecule has 0 unspecified atom stereocenters. The molecule has 3 aliphatic rings. The maximum atomic E-state index is 13.7. The second kappa shape index (κ2) is 12.4. The van der Waals surface area contributed by atoms with Crippen molar-refractivity contribution in [3.05, 3.63) is 70.9 Å². The van der Waals surface area contributed by atoms with Crippen LogP contribution in [0.3, 0.4) is 0 Å². The monoisotopic (exact) mass is 598 g/mol. The fraction of sp³-hybridized carbons (Fsp3) is 0.441. The number of anilines is 2. The van der Waals surface area contributed by atoms with Crippen LogP contribution in [0.4, 0.5) is 16.2 Å². The maximum Gasteiger partial charge on any atom is 0.325 e. The van der Waals surface area contributed by atoms with E-state index in [1.54, 1.807) is 23.1 Å². The number of halogens is 1. The number of nitrogens with zero attached hydrogens (tertiary/aromatic N) is 6. The normalized spacial score (nSPS) is 18.5. The fourth-order valence-corrected chi connectivity index (χ4v) is 7.17. The van der Waals surface area contributed by atoms with Gasteiger partial charge in [0.2, 0.25) is 0 Å². The minimum atomic E-state index is -0.229. The number of benzene rings is 2. The van der Waals surface area contributed by atoms with E-state index < -0.39 is 0 Å². The first-order valence-electron chi connectivity index (χ1n) is 15.4. The van der Waals surface area contributed by atoms with E-state index in [2.05, 4.69) is 52.0 Å². The SMILES string of the molecule is CCOc1ccc(C#N)cc1-c1ccc(N2CC3(CCN(Cc4ccc(N5CCCC5)cc4)CC3)N(CC)C2=O)c(Cl)n1. The summed E-state index contributed by atoms with van der Waals surface area (Å²) in [7, 11) is 0. The van der Waals surface area contributed by atoms with Crippen LogP contribution in [0.1, 0.15) is 50.7 Å². The molecule has 6 rings (SSSR count). The molecular weight excluding hydrogens is 560 g/mol. The van der Waals surface area contributed by atoms with Crippen LogP contribution in [0.2, 0.25) is 5.15 Å². The van der Waals surface area contributed by atoms with Gasteiger partial charge in [-0.15, -0.1) is 0 Å². The molecule has 2 aromatic carbocycles. The molecule has 4 heterocycles. The van der Waals surface area contributed by atoms with Crippen molar-refractivity contribution in [3.8, 4) is 23.1 Å². The first kappa shape index (κ1) is 29.3. The summed E-state index contributed by atoms with van der Waals surface area (Å²) < 4.78 is 5.78. The number of nitriles is 1. The Morgan fingerprint density at radius 3 is 2.40 bits per heavy atom. The van der Waals surface area contributed by atoms with E-state index in [1.165, 1.54) is 24.1 Å². The van der Waals surface area contributed by atoms with E-state index in [1.807, 2.05) is 24.0 Å². The molecule has 1 spiro atoms. The predicted molar refractivity (Wildman–Crippen MR) is 171 cm³/mol. The van der Waals surface area contributed by atoms with Gasteiger partial charge < -0.3 is 14.5 Å². The number of piperidine rings is 1. The van der Waals surface area contributed by atoms with E-state index in [-0.39, 0.29) is 16.7 Å². The Hall–Kier alpha value is -3.80. The molecule has 8 nitrogen and oxygen atoms in total. The number of likely N-dealkylation sites (N-methyl/N-ethyl adjacent to an activating group) is 1. The Bertz CT molecular complexity index is 1510. The molecule has 0 N–H and O–H groups in total. The quantitative estimate of drug-likeness (QED) is 0.273. The number of urea groups is 1. The summed E-state index contributed by atoms with van der Waals surface area (Å²) in [5, 5.41) is 9.68. The van der Waals surface area contributed by atoms with Crippen molar-refractivity contribution in [1.82, 2.24) is 14.8 Å². The smallest absolute Gasteiger partial charge is 0.325 e. The second-order valence-corrected chi connectivity index (χ2v) is 12.1. The van der Waals surface area contributed by atoms with Crippen LogP contribution in [-0.2, 0) is 6.54 Å². The highest BCUT2D eigenvalue weighted by molar-refractivity contribution is 6.32. The third-order valence-electron chi connectivity index (χ3n) is 9.21. The third-order valence-corrected chi connectivity index (χ3v) is 9.49. The Balaban J connectivity index is 1.15. The van der Waals surface area contributed by atoms with Gasteiger partial charge >= 0.3 is 6.03 Å². The lowest BCUT2D eigenvalue weighted by atomic mass is 9.86. The number of hydrogen-bond acceptors (Lipinski definition) is 6. The summed E-state index contributed by atoms with van der Waals surface area (Å²) in [6.07, 6.45) is 4.40. The summed E-state index contributed by atoms with van der Waals surface area (Å²) in [5.74, 6) is 0.639. The number of rotatable bonds is 8. The van der Waals surface area contributed by atoms with E-state index in [9.17, 15) is 10.1 Å². The molecule has 9 heteroatoms. The molecule has 0 bridgehead atoms. The van der Waals surface area contributed by atoms with E-state index in [0.717, 1.165) is 45.6 Å². The van der Waals surface area contributed by atoms with E-state index in [4.69, 9.17) is 16.3 Å². The van der Waals surface area contributed by atoms with Gasteiger partial charge in [0.25, 0.3) is 0 Å². The summed E-state index contributed by atoms with van der Waals surface area (Å²) in [5.41, 5.74) is 4.86. The second-order valence-electron chi connectivity index (χ2n) is 11.7. The van der Waals surface area contributed by atoms with Crippen LogP contribution in [0.15, 0.2) is 54.6 Å². The molecule has 3 aliphatic heterocycles. The van der Waals surface area contributed by atoms with Crippen LogP contribution >= 0.6 is 11.6 Å². The van der Waals surface area contributed by atoms with Gasteiger partial charge in [0.15, 0.2) is 5.15 Å². The first-order valence-corrected chi connectivity index (χ1v) is 15.8. The average Bonchev–Trinajstić information content (AvgIpc) is 3.66. The fourth-order valence-electron chi connectivity index (χ4n) is 6.92. The molecule has 224 valence electrons. The Kier molecular flexibility index (Phi) is 8.47. The molecule has 0 radical (unpaired) electrons. The molecule has 0 atom stereocenters. The number of likely N-dealkylation sites (tertiary alicyclic amines) is 1. The van der Waals surface area contributed by atoms with Gasteiger partial charge in [-0.2, -0.15) is 5.26 Å². The molecular formula is C34H39ClN6O2. The number of carbonyl (C=O) groups excluding carboxylic acids is 1. The molecule has 3 saturated heterocycles. The van der Waals surface area contributed by atoms with Crippen LogP contribution in [0, 0.1) is 11.3 Å². The summed E-state index contributed by atoms with van der Waals surface area (Å²) in [6.45, 7) is 10.8. The lowest BCUT2D eigenvalue weighted by Gasteiger charge is -2.43. The Morgan fingerprint density at radius 1 is 1.00 bits per heavy atom. The standard InChI is InChI=1S/C34H39ClN6O2/c1-3-41-33(42)40(30-13-12-29(37-32(30)35)28-21-26(22-36)9-14-31(28)43-4-2)24-34(41)15-19-38(20-16-34)23-25-7-10-27(11-8-25)39-17-5-6-18-39/h7-14,21H,3-6,15-20,23-24H2,1-2H3. The highest BCUT2D eigenvalue weighted by Gasteiger charge is 2.51. The average molecular weight is 599 g/mol. The summed E-state index contributed by atoms with van der Waals surface area (Å²) in [6, 6.07) is 20.2. The van der Waals surface area contributed by atoms with Gasteiger partial charge in [-0.1, -0.05) is 23.7 Å².